The topological polar surface area (TPSA) is 79.4 Å². The van der Waals surface area contributed by atoms with E-state index in [2.05, 4.69) is 4.98 Å². The Morgan fingerprint density at radius 3 is 2.46 bits per heavy atom. The summed E-state index contributed by atoms with van der Waals surface area (Å²) in [5, 5.41) is 18.0. The molecule has 0 bridgehead atoms. The van der Waals surface area contributed by atoms with Crippen LogP contribution in [-0.2, 0) is 6.54 Å². The molecule has 1 heterocycles. The van der Waals surface area contributed by atoms with E-state index in [1.54, 1.807) is 0 Å². The van der Waals surface area contributed by atoms with Crippen LogP contribution in [0.25, 0.3) is 0 Å². The molecule has 0 aliphatic carbocycles. The minimum Gasteiger partial charge on any atom is -0.506 e. The number of hydrogen-bond donors (Lipinski definition) is 3. The second-order valence-corrected chi connectivity index (χ2v) is 2.36. The fraction of sp³-hybridized carbons (Fsp3) is 0.286. The van der Waals surface area contributed by atoms with E-state index in [0.717, 1.165) is 6.07 Å². The molecular weight excluding hydrogens is 182 g/mol. The zero-order chi connectivity index (χ0) is 10.0. The Hall–Kier alpha value is -1.43. The quantitative estimate of drug-likeness (QED) is 0.647. The highest BCUT2D eigenvalue weighted by molar-refractivity contribution is 5.38. The van der Waals surface area contributed by atoms with Crippen LogP contribution in [-0.4, -0.2) is 15.2 Å². The van der Waals surface area contributed by atoms with E-state index in [4.69, 9.17) is 15.9 Å². The molecule has 13 heavy (non-hydrogen) atoms. The molecule has 0 aliphatic heterocycles. The van der Waals surface area contributed by atoms with Crippen LogP contribution in [0.15, 0.2) is 6.07 Å². The van der Waals surface area contributed by atoms with Crippen molar-refractivity contribution in [3.05, 3.63) is 17.5 Å². The lowest BCUT2D eigenvalue weighted by Crippen LogP contribution is -2.03. The van der Waals surface area contributed by atoms with Gasteiger partial charge in [-0.15, -0.1) is 0 Å². The maximum Gasteiger partial charge on any atom is 0.284 e. The number of aromatic hydroxyl groups is 2. The van der Waals surface area contributed by atoms with Gasteiger partial charge in [-0.2, -0.15) is 0 Å². The van der Waals surface area contributed by atoms with Gasteiger partial charge in [-0.25, -0.2) is 13.8 Å². The van der Waals surface area contributed by atoms with Crippen molar-refractivity contribution in [2.75, 3.05) is 0 Å². The number of alkyl halides is 2. The molecule has 0 aliphatic rings. The van der Waals surface area contributed by atoms with Crippen LogP contribution < -0.4 is 5.73 Å². The molecule has 4 N–H and O–H groups in total. The highest BCUT2D eigenvalue weighted by Crippen LogP contribution is 2.30. The molecule has 0 atom stereocenters. The largest absolute Gasteiger partial charge is 0.506 e. The second kappa shape index (κ2) is 3.53. The lowest BCUT2D eigenvalue weighted by molar-refractivity contribution is 0.141. The lowest BCUT2D eigenvalue weighted by atomic mass is 10.2. The molecule has 72 valence electrons. The molecule has 4 nitrogen and oxygen atoms in total. The third kappa shape index (κ3) is 1.83. The number of hydrogen-bond acceptors (Lipinski definition) is 4. The van der Waals surface area contributed by atoms with Gasteiger partial charge < -0.3 is 15.9 Å². The van der Waals surface area contributed by atoms with Crippen molar-refractivity contribution in [3.8, 4) is 11.5 Å². The summed E-state index contributed by atoms with van der Waals surface area (Å²) < 4.78 is 24.3. The molecule has 0 aromatic carbocycles. The van der Waals surface area contributed by atoms with Gasteiger partial charge in [-0.1, -0.05) is 0 Å². The first-order valence-electron chi connectivity index (χ1n) is 3.46. The Labute approximate surface area is 72.6 Å². The summed E-state index contributed by atoms with van der Waals surface area (Å²) in [7, 11) is 0. The normalized spacial score (nSPS) is 10.8. The third-order valence-electron chi connectivity index (χ3n) is 1.49. The summed E-state index contributed by atoms with van der Waals surface area (Å²) in [4.78, 5) is 3.31. The van der Waals surface area contributed by atoms with E-state index >= 15 is 0 Å². The predicted octanol–water partition coefficient (Wildman–Crippen LogP) is 0.889. The highest BCUT2D eigenvalue weighted by Gasteiger charge is 2.17. The van der Waals surface area contributed by atoms with Crippen molar-refractivity contribution in [2.24, 2.45) is 5.73 Å². The van der Waals surface area contributed by atoms with Gasteiger partial charge in [0.05, 0.1) is 5.69 Å². The number of pyridine rings is 1. The molecule has 6 heteroatoms. The SMILES string of the molecule is NCc1nc(C(F)F)c(O)cc1O. The van der Waals surface area contributed by atoms with Crippen LogP contribution in [0.4, 0.5) is 8.78 Å². The molecule has 0 saturated heterocycles. The van der Waals surface area contributed by atoms with Crippen molar-refractivity contribution >= 4 is 0 Å². The Bertz CT molecular complexity index is 318. The highest BCUT2D eigenvalue weighted by atomic mass is 19.3. The van der Waals surface area contributed by atoms with Gasteiger partial charge in [0.25, 0.3) is 6.43 Å². The van der Waals surface area contributed by atoms with Crippen molar-refractivity contribution in [1.82, 2.24) is 4.98 Å². The maximum absolute atomic E-state index is 12.1. The van der Waals surface area contributed by atoms with Gasteiger partial charge in [-0.3, -0.25) is 0 Å². The van der Waals surface area contributed by atoms with E-state index in [9.17, 15) is 8.78 Å². The lowest BCUT2D eigenvalue weighted by Gasteiger charge is -2.06. The van der Waals surface area contributed by atoms with Gasteiger partial charge >= 0.3 is 0 Å². The fourth-order valence-electron chi connectivity index (χ4n) is 0.857. The Morgan fingerprint density at radius 1 is 1.38 bits per heavy atom. The number of rotatable bonds is 2. The average Bonchev–Trinajstić information content (AvgIpc) is 2.03. The molecule has 0 spiro atoms. The van der Waals surface area contributed by atoms with Crippen LogP contribution in [0, 0.1) is 0 Å². The molecular formula is C7H8F2N2O2. The van der Waals surface area contributed by atoms with Gasteiger partial charge in [0, 0.05) is 12.6 Å². The fourth-order valence-corrected chi connectivity index (χ4v) is 0.857. The van der Waals surface area contributed by atoms with Gasteiger partial charge in [-0.05, 0) is 0 Å². The minimum absolute atomic E-state index is 0.0619. The number of nitrogens with two attached hydrogens (primary N) is 1. The summed E-state index contributed by atoms with van der Waals surface area (Å²) in [6.07, 6.45) is -2.88. The first kappa shape index (κ1) is 9.66. The molecule has 1 rings (SSSR count). The summed E-state index contributed by atoms with van der Waals surface area (Å²) in [5.41, 5.74) is 4.29. The minimum atomic E-state index is -2.88. The first-order chi connectivity index (χ1) is 6.06. The summed E-state index contributed by atoms with van der Waals surface area (Å²) in [5.74, 6) is -1.12. The maximum atomic E-state index is 12.1. The molecule has 1 aromatic rings. The van der Waals surface area contributed by atoms with Gasteiger partial charge in [0.1, 0.15) is 17.2 Å². The van der Waals surface area contributed by atoms with Crippen LogP contribution in [0.1, 0.15) is 17.8 Å². The van der Waals surface area contributed by atoms with Crippen LogP contribution >= 0.6 is 0 Å². The number of nitrogens with zero attached hydrogens (tertiary/aromatic N) is 1. The zero-order valence-electron chi connectivity index (χ0n) is 6.54. The van der Waals surface area contributed by atoms with Crippen LogP contribution in [0.5, 0.6) is 11.5 Å². The molecule has 1 aromatic heterocycles. The molecule has 0 radical (unpaired) electrons. The van der Waals surface area contributed by atoms with Crippen molar-refractivity contribution in [2.45, 2.75) is 13.0 Å². The standard InChI is InChI=1S/C7H8F2N2O2/c8-7(9)6-5(13)1-4(12)3(2-10)11-6/h1,7,12-13H,2,10H2. The Morgan fingerprint density at radius 2 is 2.00 bits per heavy atom. The first-order valence-corrected chi connectivity index (χ1v) is 3.46. The van der Waals surface area contributed by atoms with E-state index in [1.807, 2.05) is 0 Å². The molecule has 0 saturated carbocycles. The van der Waals surface area contributed by atoms with E-state index < -0.39 is 17.9 Å². The van der Waals surface area contributed by atoms with Gasteiger partial charge in [0.2, 0.25) is 0 Å². The Kier molecular flexibility index (Phi) is 2.62. The van der Waals surface area contributed by atoms with Crippen LogP contribution in [0.2, 0.25) is 0 Å². The number of halogens is 2. The van der Waals surface area contributed by atoms with Crippen molar-refractivity contribution in [1.29, 1.82) is 0 Å². The monoisotopic (exact) mass is 190 g/mol. The molecule has 0 amide bonds. The van der Waals surface area contributed by atoms with Crippen LogP contribution in [0.3, 0.4) is 0 Å². The second-order valence-electron chi connectivity index (χ2n) is 2.36. The smallest absolute Gasteiger partial charge is 0.284 e. The summed E-state index contributed by atoms with van der Waals surface area (Å²) >= 11 is 0. The van der Waals surface area contributed by atoms with Gasteiger partial charge in [0.15, 0.2) is 0 Å². The van der Waals surface area contributed by atoms with E-state index in [0.29, 0.717) is 0 Å². The molecule has 0 unspecified atom stereocenters. The van der Waals surface area contributed by atoms with Crippen molar-refractivity contribution < 1.29 is 19.0 Å². The number of aromatic nitrogens is 1. The average molecular weight is 190 g/mol. The zero-order valence-corrected chi connectivity index (χ0v) is 6.54. The van der Waals surface area contributed by atoms with E-state index in [1.165, 1.54) is 0 Å². The summed E-state index contributed by atoms with van der Waals surface area (Å²) in [6, 6.07) is 0.802. The van der Waals surface area contributed by atoms with E-state index in [-0.39, 0.29) is 18.0 Å². The molecule has 0 fully saturated rings. The van der Waals surface area contributed by atoms with Crippen molar-refractivity contribution in [3.63, 3.8) is 0 Å². The predicted molar refractivity (Wildman–Crippen MR) is 40.4 cm³/mol. The Balaban J connectivity index is 3.22. The summed E-state index contributed by atoms with van der Waals surface area (Å²) in [6.45, 7) is -0.161. The third-order valence-corrected chi connectivity index (χ3v) is 1.49.